The zero-order valence-corrected chi connectivity index (χ0v) is 20.5. The van der Waals surface area contributed by atoms with Gasteiger partial charge >= 0.3 is 5.97 Å². The molecular weight excluding hydrogens is 470 g/mol. The smallest absolute Gasteiger partial charge is 0.342 e. The molecule has 36 heavy (non-hydrogen) atoms. The second kappa shape index (κ2) is 12.2. The number of ketones is 1. The highest BCUT2D eigenvalue weighted by atomic mass is 16.6. The second-order valence-corrected chi connectivity index (χ2v) is 9.52. The Bertz CT molecular complexity index is 959. The van der Waals surface area contributed by atoms with Crippen molar-refractivity contribution in [3.05, 3.63) is 35.4 Å². The Morgan fingerprint density at radius 1 is 1.14 bits per heavy atom. The van der Waals surface area contributed by atoms with Crippen LogP contribution < -0.4 is 4.74 Å². The lowest BCUT2D eigenvalue weighted by molar-refractivity contribution is -0.128. The van der Waals surface area contributed by atoms with E-state index in [1.807, 2.05) is 0 Å². The molecule has 10 nitrogen and oxygen atoms in total. The van der Waals surface area contributed by atoms with E-state index in [0.717, 1.165) is 45.7 Å². The summed E-state index contributed by atoms with van der Waals surface area (Å²) in [7, 11) is 0. The van der Waals surface area contributed by atoms with Crippen molar-refractivity contribution in [3.8, 4) is 11.5 Å². The van der Waals surface area contributed by atoms with Gasteiger partial charge < -0.3 is 34.3 Å². The summed E-state index contributed by atoms with van der Waals surface area (Å²) in [6.07, 6.45) is 0.00644. The van der Waals surface area contributed by atoms with Gasteiger partial charge in [0.15, 0.2) is 5.78 Å². The average molecular weight is 506 g/mol. The number of benzene rings is 1. The number of carbonyl (C=O) groups excluding carboxylic acids is 2. The van der Waals surface area contributed by atoms with Gasteiger partial charge in [-0.1, -0.05) is 6.08 Å². The topological polar surface area (TPSA) is 138 Å². The van der Waals surface area contributed by atoms with Crippen molar-refractivity contribution in [2.45, 2.75) is 63.1 Å². The van der Waals surface area contributed by atoms with E-state index in [0.29, 0.717) is 17.9 Å². The van der Waals surface area contributed by atoms with Crippen molar-refractivity contribution in [1.82, 2.24) is 4.90 Å². The van der Waals surface area contributed by atoms with Gasteiger partial charge in [-0.15, -0.1) is 0 Å². The Balaban J connectivity index is 1.45. The van der Waals surface area contributed by atoms with Crippen molar-refractivity contribution in [2.75, 3.05) is 39.5 Å². The molecule has 3 N–H and O–H groups in total. The van der Waals surface area contributed by atoms with Crippen LogP contribution in [0.2, 0.25) is 0 Å². The molecule has 3 heterocycles. The fraction of sp³-hybridized carbons (Fsp3) is 0.615. The fourth-order valence-electron chi connectivity index (χ4n) is 4.52. The first-order valence-corrected chi connectivity index (χ1v) is 12.6. The van der Waals surface area contributed by atoms with Crippen LogP contribution in [0, 0.1) is 0 Å². The third-order valence-electron chi connectivity index (χ3n) is 6.64. The van der Waals surface area contributed by atoms with Gasteiger partial charge in [-0.05, 0) is 38.5 Å². The first-order chi connectivity index (χ1) is 17.3. The minimum atomic E-state index is -1.58. The molecule has 0 amide bonds. The number of hydrogen-bond acceptors (Lipinski definition) is 10. The van der Waals surface area contributed by atoms with E-state index in [-0.39, 0.29) is 24.2 Å². The number of fused-ring (bicyclic) bond motifs is 3. The summed E-state index contributed by atoms with van der Waals surface area (Å²) in [5.74, 6) is -1.22. The van der Waals surface area contributed by atoms with Gasteiger partial charge in [0.1, 0.15) is 35.4 Å². The molecule has 198 valence electrons. The van der Waals surface area contributed by atoms with Crippen LogP contribution in [-0.2, 0) is 19.0 Å². The molecule has 1 aromatic carbocycles. The lowest BCUT2D eigenvalue weighted by atomic mass is 9.97. The van der Waals surface area contributed by atoms with E-state index < -0.39 is 42.3 Å². The maximum atomic E-state index is 12.9. The van der Waals surface area contributed by atoms with Gasteiger partial charge in [0.05, 0.1) is 32.0 Å². The van der Waals surface area contributed by atoms with Crippen LogP contribution in [0.3, 0.4) is 0 Å². The minimum Gasteiger partial charge on any atom is -0.507 e. The number of carbonyl (C=O) groups is 2. The first-order valence-electron chi connectivity index (χ1n) is 12.6. The molecule has 0 aliphatic carbocycles. The van der Waals surface area contributed by atoms with E-state index in [2.05, 4.69) is 4.90 Å². The summed E-state index contributed by atoms with van der Waals surface area (Å²) < 4.78 is 22.4. The number of morpholine rings is 1. The molecular formula is C26H35NO9. The number of nitrogens with zero attached hydrogens (tertiary/aromatic N) is 1. The number of phenolic OH excluding ortho intramolecular Hbond substituents is 1. The predicted molar refractivity (Wildman–Crippen MR) is 128 cm³/mol. The number of phenols is 1. The molecule has 0 aromatic heterocycles. The lowest BCUT2D eigenvalue weighted by Crippen LogP contribution is -2.36. The van der Waals surface area contributed by atoms with Crippen LogP contribution in [0.15, 0.2) is 24.3 Å². The molecule has 0 unspecified atom stereocenters. The molecule has 2 saturated heterocycles. The SMILES string of the molecule is C[C@H]1C/C=C\C(=O)[C@@H](O)[C@@H](O)C[C@@H]2O[C@@H]2c2cc(OCCCCN3CCOCC3)cc(O)c2C(=O)O1. The summed E-state index contributed by atoms with van der Waals surface area (Å²) in [6.45, 7) is 6.47. The normalized spacial score (nSPS) is 30.5. The van der Waals surface area contributed by atoms with Gasteiger partial charge in [-0.2, -0.15) is 0 Å². The van der Waals surface area contributed by atoms with Gasteiger partial charge in [0.2, 0.25) is 0 Å². The number of aliphatic hydroxyl groups excluding tert-OH is 2. The summed E-state index contributed by atoms with van der Waals surface area (Å²) in [6, 6.07) is 3.04. The number of esters is 1. The van der Waals surface area contributed by atoms with E-state index in [1.165, 1.54) is 18.2 Å². The number of hydrogen-bond donors (Lipinski definition) is 3. The number of epoxide rings is 1. The summed E-state index contributed by atoms with van der Waals surface area (Å²) in [5, 5.41) is 31.2. The molecule has 3 aliphatic rings. The minimum absolute atomic E-state index is 0.0102. The summed E-state index contributed by atoms with van der Waals surface area (Å²) >= 11 is 0. The lowest BCUT2D eigenvalue weighted by Gasteiger charge is -2.26. The average Bonchev–Trinajstić information content (AvgIpc) is 3.61. The zero-order chi connectivity index (χ0) is 25.7. The Labute approximate surface area is 210 Å². The highest BCUT2D eigenvalue weighted by molar-refractivity contribution is 5.95. The maximum absolute atomic E-state index is 12.9. The standard InChI is InChI=1S/C26H35NO9/c1-16-5-4-6-19(28)24(31)21(30)15-22-25(36-22)18-13-17(14-20(29)23(18)26(32)35-16)34-10-3-2-7-27-8-11-33-12-9-27/h4,6,13-14,16,21-22,24-25,29-31H,2-3,5,7-12,15H2,1H3/b6-4-/t16-,21-,22-,24+,25+/m0/s1. The van der Waals surface area contributed by atoms with Crippen molar-refractivity contribution < 1.29 is 43.9 Å². The zero-order valence-electron chi connectivity index (χ0n) is 20.5. The van der Waals surface area contributed by atoms with Crippen molar-refractivity contribution >= 4 is 11.8 Å². The number of aromatic hydroxyl groups is 1. The molecule has 0 saturated carbocycles. The molecule has 0 radical (unpaired) electrons. The van der Waals surface area contributed by atoms with Gasteiger partial charge in [0, 0.05) is 37.6 Å². The summed E-state index contributed by atoms with van der Waals surface area (Å²) in [5.41, 5.74) is 0.377. The molecule has 10 heteroatoms. The molecule has 2 fully saturated rings. The van der Waals surface area contributed by atoms with Crippen LogP contribution in [0.25, 0.3) is 0 Å². The number of cyclic esters (lactones) is 1. The van der Waals surface area contributed by atoms with Crippen LogP contribution in [-0.4, -0.2) is 95.8 Å². The molecule has 0 spiro atoms. The van der Waals surface area contributed by atoms with E-state index in [9.17, 15) is 24.9 Å². The Morgan fingerprint density at radius 2 is 1.92 bits per heavy atom. The highest BCUT2D eigenvalue weighted by Gasteiger charge is 2.46. The number of unbranched alkanes of at least 4 members (excludes halogenated alkanes) is 1. The van der Waals surface area contributed by atoms with Crippen LogP contribution in [0.5, 0.6) is 11.5 Å². The number of aliphatic hydroxyl groups is 2. The van der Waals surface area contributed by atoms with Crippen molar-refractivity contribution in [3.63, 3.8) is 0 Å². The van der Waals surface area contributed by atoms with Crippen LogP contribution in [0.4, 0.5) is 0 Å². The highest BCUT2D eigenvalue weighted by Crippen LogP contribution is 2.46. The second-order valence-electron chi connectivity index (χ2n) is 9.52. The third-order valence-corrected chi connectivity index (χ3v) is 6.64. The first kappa shape index (κ1) is 26.6. The van der Waals surface area contributed by atoms with Crippen molar-refractivity contribution in [1.29, 1.82) is 0 Å². The van der Waals surface area contributed by atoms with Crippen molar-refractivity contribution in [2.24, 2.45) is 0 Å². The van der Waals surface area contributed by atoms with Gasteiger partial charge in [0.25, 0.3) is 0 Å². The van der Waals surface area contributed by atoms with E-state index in [1.54, 1.807) is 13.0 Å². The largest absolute Gasteiger partial charge is 0.507 e. The monoisotopic (exact) mass is 505 g/mol. The number of ether oxygens (including phenoxy) is 4. The Kier molecular flexibility index (Phi) is 8.97. The van der Waals surface area contributed by atoms with E-state index in [4.69, 9.17) is 18.9 Å². The molecule has 0 bridgehead atoms. The predicted octanol–water partition coefficient (Wildman–Crippen LogP) is 1.51. The summed E-state index contributed by atoms with van der Waals surface area (Å²) in [4.78, 5) is 27.4. The molecule has 1 aromatic rings. The van der Waals surface area contributed by atoms with Crippen LogP contribution in [0.1, 0.15) is 54.6 Å². The maximum Gasteiger partial charge on any atom is 0.342 e. The Hall–Kier alpha value is -2.50. The van der Waals surface area contributed by atoms with Gasteiger partial charge in [-0.25, -0.2) is 4.79 Å². The molecule has 3 aliphatic heterocycles. The van der Waals surface area contributed by atoms with Crippen LogP contribution >= 0.6 is 0 Å². The Morgan fingerprint density at radius 3 is 2.69 bits per heavy atom. The van der Waals surface area contributed by atoms with E-state index >= 15 is 0 Å². The fourth-order valence-corrected chi connectivity index (χ4v) is 4.52. The number of rotatable bonds is 6. The molecule has 5 atom stereocenters. The quantitative estimate of drug-likeness (QED) is 0.296. The third kappa shape index (κ3) is 6.83. The van der Waals surface area contributed by atoms with Gasteiger partial charge in [-0.3, -0.25) is 9.69 Å². The molecule has 4 rings (SSSR count).